The number of fused-ring (bicyclic) bond motifs is 1. The minimum absolute atomic E-state index is 0.732. The molecule has 1 aliphatic heterocycles. The molecular formula is C20H21NO2. The smallest absolute Gasteiger partial charge is 0.175 e. The third-order valence-corrected chi connectivity index (χ3v) is 4.18. The first-order chi connectivity index (χ1) is 11.1. The van der Waals surface area contributed by atoms with Crippen molar-refractivity contribution in [3.8, 4) is 11.5 Å². The van der Waals surface area contributed by atoms with Crippen LogP contribution in [0.1, 0.15) is 36.4 Å². The fourth-order valence-electron chi connectivity index (χ4n) is 2.94. The van der Waals surface area contributed by atoms with Gasteiger partial charge in [0.1, 0.15) is 5.76 Å². The molecule has 0 aliphatic carbocycles. The van der Waals surface area contributed by atoms with Gasteiger partial charge in [0.2, 0.25) is 0 Å². The van der Waals surface area contributed by atoms with Gasteiger partial charge in [0, 0.05) is 18.3 Å². The number of allylic oxidation sites excluding steroid dienone is 2. The van der Waals surface area contributed by atoms with Gasteiger partial charge in [-0.3, -0.25) is 0 Å². The molecule has 0 N–H and O–H groups in total. The number of nitrogens with zero attached hydrogens (tertiary/aromatic N) is 1. The van der Waals surface area contributed by atoms with Crippen LogP contribution in [0, 0.1) is 6.92 Å². The molecule has 3 heteroatoms. The lowest BCUT2D eigenvalue weighted by atomic mass is 10.0. The van der Waals surface area contributed by atoms with E-state index in [1.165, 1.54) is 0 Å². The van der Waals surface area contributed by atoms with Gasteiger partial charge >= 0.3 is 0 Å². The molecule has 0 spiro atoms. The molecule has 0 bridgehead atoms. The van der Waals surface area contributed by atoms with Gasteiger partial charge in [0.25, 0.3) is 0 Å². The van der Waals surface area contributed by atoms with Gasteiger partial charge in [-0.1, -0.05) is 30.9 Å². The topological polar surface area (TPSA) is 23.4 Å². The standard InChI is InChI=1S/C20H21NO2/c1-6-10-15-13(3)21(5)16(7-2)19(15)20-14(4)22-17-11-8-9-12-18(17)23-20/h6-12H,2H2,1,3-5H3/b10-6-. The quantitative estimate of drug-likeness (QED) is 0.781. The molecule has 2 aromatic rings. The molecule has 1 aromatic carbocycles. The number of para-hydroxylation sites is 2. The summed E-state index contributed by atoms with van der Waals surface area (Å²) in [7, 11) is 2.04. The van der Waals surface area contributed by atoms with Gasteiger partial charge in [-0.15, -0.1) is 0 Å². The molecule has 0 saturated carbocycles. The van der Waals surface area contributed by atoms with E-state index in [9.17, 15) is 0 Å². The Hall–Kier alpha value is -2.68. The third kappa shape index (κ3) is 2.38. The van der Waals surface area contributed by atoms with Crippen molar-refractivity contribution in [3.63, 3.8) is 0 Å². The van der Waals surface area contributed by atoms with Crippen LogP contribution in [0.2, 0.25) is 0 Å². The van der Waals surface area contributed by atoms with Crippen LogP contribution >= 0.6 is 0 Å². The molecule has 2 heterocycles. The van der Waals surface area contributed by atoms with Crippen molar-refractivity contribution in [2.75, 3.05) is 0 Å². The van der Waals surface area contributed by atoms with Gasteiger partial charge in [0.05, 0.1) is 11.3 Å². The van der Waals surface area contributed by atoms with Gasteiger partial charge in [0.15, 0.2) is 17.3 Å². The van der Waals surface area contributed by atoms with Crippen molar-refractivity contribution in [2.45, 2.75) is 20.8 Å². The maximum atomic E-state index is 6.19. The van der Waals surface area contributed by atoms with E-state index in [2.05, 4.69) is 24.1 Å². The largest absolute Gasteiger partial charge is 0.454 e. The third-order valence-electron chi connectivity index (χ3n) is 4.18. The average molecular weight is 307 g/mol. The number of aromatic nitrogens is 1. The number of hydrogen-bond acceptors (Lipinski definition) is 2. The van der Waals surface area contributed by atoms with Crippen molar-refractivity contribution in [3.05, 3.63) is 65.2 Å². The molecule has 118 valence electrons. The van der Waals surface area contributed by atoms with Gasteiger partial charge in [-0.2, -0.15) is 0 Å². The van der Waals surface area contributed by atoms with E-state index in [0.717, 1.165) is 45.5 Å². The zero-order chi connectivity index (χ0) is 16.6. The molecular weight excluding hydrogens is 286 g/mol. The number of rotatable bonds is 3. The first-order valence-corrected chi connectivity index (χ1v) is 7.68. The van der Waals surface area contributed by atoms with Crippen LogP contribution in [0.25, 0.3) is 17.9 Å². The fraction of sp³-hybridized carbons (Fsp3) is 0.200. The molecule has 0 radical (unpaired) electrons. The van der Waals surface area contributed by atoms with Crippen LogP contribution < -0.4 is 9.47 Å². The van der Waals surface area contributed by atoms with Crippen molar-refractivity contribution >= 4 is 17.9 Å². The Morgan fingerprint density at radius 1 is 1.09 bits per heavy atom. The molecule has 23 heavy (non-hydrogen) atoms. The van der Waals surface area contributed by atoms with Crippen LogP contribution in [-0.4, -0.2) is 4.57 Å². The van der Waals surface area contributed by atoms with E-state index in [0.29, 0.717) is 0 Å². The molecule has 3 rings (SSSR count). The van der Waals surface area contributed by atoms with Gasteiger partial charge in [-0.25, -0.2) is 0 Å². The number of ether oxygens (including phenoxy) is 2. The summed E-state index contributed by atoms with van der Waals surface area (Å²) in [5.74, 6) is 2.98. The summed E-state index contributed by atoms with van der Waals surface area (Å²) in [5.41, 5.74) is 4.33. The lowest BCUT2D eigenvalue weighted by molar-refractivity contribution is 0.347. The Balaban J connectivity index is 2.23. The number of hydrogen-bond donors (Lipinski definition) is 0. The predicted octanol–water partition coefficient (Wildman–Crippen LogP) is 5.17. The maximum Gasteiger partial charge on any atom is 0.175 e. The lowest BCUT2D eigenvalue weighted by Crippen LogP contribution is -2.10. The second kappa shape index (κ2) is 5.84. The van der Waals surface area contributed by atoms with Crippen molar-refractivity contribution in [1.82, 2.24) is 4.57 Å². The van der Waals surface area contributed by atoms with Gasteiger partial charge in [-0.05, 0) is 39.0 Å². The summed E-state index contributed by atoms with van der Waals surface area (Å²) in [6.07, 6.45) is 5.99. The van der Waals surface area contributed by atoms with E-state index >= 15 is 0 Å². The first-order valence-electron chi connectivity index (χ1n) is 7.68. The molecule has 0 fully saturated rings. The average Bonchev–Trinajstić information content (AvgIpc) is 2.79. The van der Waals surface area contributed by atoms with Crippen molar-refractivity contribution in [2.24, 2.45) is 7.05 Å². The summed E-state index contributed by atoms with van der Waals surface area (Å²) >= 11 is 0. The SMILES string of the molecule is C=Cc1c(C2=C(C)Oc3ccccc3O2)c(/C=C\C)c(C)n1C. The van der Waals surface area contributed by atoms with E-state index < -0.39 is 0 Å². The van der Waals surface area contributed by atoms with E-state index in [-0.39, 0.29) is 0 Å². The van der Waals surface area contributed by atoms with Crippen LogP contribution in [0.3, 0.4) is 0 Å². The summed E-state index contributed by atoms with van der Waals surface area (Å²) < 4.78 is 14.3. The minimum Gasteiger partial charge on any atom is -0.454 e. The normalized spacial score (nSPS) is 13.7. The van der Waals surface area contributed by atoms with Crippen LogP contribution in [0.4, 0.5) is 0 Å². The lowest BCUT2D eigenvalue weighted by Gasteiger charge is -2.22. The highest BCUT2D eigenvalue weighted by Gasteiger charge is 2.26. The monoisotopic (exact) mass is 307 g/mol. The molecule has 1 aliphatic rings. The fourth-order valence-corrected chi connectivity index (χ4v) is 2.94. The Labute approximate surface area is 137 Å². The summed E-state index contributed by atoms with van der Waals surface area (Å²) in [6, 6.07) is 7.71. The summed E-state index contributed by atoms with van der Waals surface area (Å²) in [5, 5.41) is 0. The Morgan fingerprint density at radius 2 is 1.74 bits per heavy atom. The molecule has 0 unspecified atom stereocenters. The van der Waals surface area contributed by atoms with E-state index in [4.69, 9.17) is 9.47 Å². The molecule has 0 amide bonds. The highest BCUT2D eigenvalue weighted by Crippen LogP contribution is 2.41. The zero-order valence-electron chi connectivity index (χ0n) is 14.0. The Kier molecular flexibility index (Phi) is 3.87. The first kappa shape index (κ1) is 15.2. The molecule has 0 saturated heterocycles. The maximum absolute atomic E-state index is 6.19. The van der Waals surface area contributed by atoms with Gasteiger partial charge < -0.3 is 14.0 Å². The predicted molar refractivity (Wildman–Crippen MR) is 95.2 cm³/mol. The highest BCUT2D eigenvalue weighted by atomic mass is 16.6. The zero-order valence-corrected chi connectivity index (χ0v) is 14.0. The molecule has 3 nitrogen and oxygen atoms in total. The molecule has 0 atom stereocenters. The second-order valence-electron chi connectivity index (χ2n) is 5.56. The summed E-state index contributed by atoms with van der Waals surface area (Å²) in [6.45, 7) is 10.0. The Morgan fingerprint density at radius 3 is 2.35 bits per heavy atom. The van der Waals surface area contributed by atoms with E-state index in [1.807, 2.05) is 57.3 Å². The highest BCUT2D eigenvalue weighted by molar-refractivity contribution is 5.81. The number of benzene rings is 1. The minimum atomic E-state index is 0.732. The second-order valence-corrected chi connectivity index (χ2v) is 5.56. The van der Waals surface area contributed by atoms with Crippen LogP contribution in [0.15, 0.2) is 42.7 Å². The van der Waals surface area contributed by atoms with Crippen LogP contribution in [0.5, 0.6) is 11.5 Å². The molecule has 1 aromatic heterocycles. The Bertz CT molecular complexity index is 838. The summed E-state index contributed by atoms with van der Waals surface area (Å²) in [4.78, 5) is 0. The van der Waals surface area contributed by atoms with Crippen molar-refractivity contribution < 1.29 is 9.47 Å². The van der Waals surface area contributed by atoms with Crippen LogP contribution in [-0.2, 0) is 7.05 Å². The van der Waals surface area contributed by atoms with Crippen molar-refractivity contribution in [1.29, 1.82) is 0 Å². The van der Waals surface area contributed by atoms with E-state index in [1.54, 1.807) is 0 Å².